The van der Waals surface area contributed by atoms with Crippen molar-refractivity contribution in [2.45, 2.75) is 76.3 Å². The van der Waals surface area contributed by atoms with Gasteiger partial charge in [-0.05, 0) is 39.5 Å². The highest BCUT2D eigenvalue weighted by molar-refractivity contribution is 5.98. The first-order valence-corrected chi connectivity index (χ1v) is 11.6. The Morgan fingerprint density at radius 2 is 2.09 bits per heavy atom. The number of hydrogen-bond donors (Lipinski definition) is 1. The molecule has 3 aliphatic rings. The summed E-state index contributed by atoms with van der Waals surface area (Å²) in [6, 6.07) is -1.54. The minimum Gasteiger partial charge on any atom is -0.465 e. The van der Waals surface area contributed by atoms with Crippen LogP contribution in [0.5, 0.6) is 0 Å². The Morgan fingerprint density at radius 3 is 2.66 bits per heavy atom. The number of esters is 1. The maximum atomic E-state index is 13.9. The molecule has 3 heterocycles. The molecule has 8 nitrogen and oxygen atoms in total. The van der Waals surface area contributed by atoms with Crippen LogP contribution in [0, 0.1) is 11.8 Å². The number of carbonyl (C=O) groups is 3. The Hall–Kier alpha value is -2.19. The molecule has 1 N–H and O–H groups in total. The monoisotopic (exact) mass is 448 g/mol. The molecular weight excluding hydrogens is 412 g/mol. The van der Waals surface area contributed by atoms with Gasteiger partial charge in [0.1, 0.15) is 11.6 Å². The summed E-state index contributed by atoms with van der Waals surface area (Å²) in [5.41, 5.74) is -1.09. The number of aliphatic hydroxyl groups is 1. The smallest absolute Gasteiger partial charge is 0.312 e. The topological polar surface area (TPSA) is 96.4 Å². The fourth-order valence-electron chi connectivity index (χ4n) is 5.64. The van der Waals surface area contributed by atoms with Gasteiger partial charge in [-0.25, -0.2) is 0 Å². The zero-order chi connectivity index (χ0) is 23.6. The average Bonchev–Trinajstić information content (AvgIpc) is 3.40. The number of fused-ring (bicyclic) bond motifs is 1. The van der Waals surface area contributed by atoms with Crippen LogP contribution in [-0.4, -0.2) is 82.3 Å². The summed E-state index contributed by atoms with van der Waals surface area (Å²) in [5, 5.41) is 10.0. The van der Waals surface area contributed by atoms with Crippen molar-refractivity contribution in [3.05, 3.63) is 25.3 Å². The van der Waals surface area contributed by atoms with Crippen LogP contribution in [0.2, 0.25) is 0 Å². The van der Waals surface area contributed by atoms with Crippen molar-refractivity contribution in [2.75, 3.05) is 19.8 Å². The van der Waals surface area contributed by atoms with Gasteiger partial charge in [-0.2, -0.15) is 0 Å². The predicted octanol–water partition coefficient (Wildman–Crippen LogP) is 1.67. The van der Waals surface area contributed by atoms with Crippen LogP contribution in [0.15, 0.2) is 25.3 Å². The molecule has 2 amide bonds. The van der Waals surface area contributed by atoms with Gasteiger partial charge < -0.3 is 24.4 Å². The number of aliphatic hydroxyl groups excluding tert-OH is 1. The molecule has 32 heavy (non-hydrogen) atoms. The third-order valence-electron chi connectivity index (χ3n) is 7.12. The van der Waals surface area contributed by atoms with Crippen LogP contribution < -0.4 is 0 Å². The molecular formula is C24H36N2O6. The Bertz CT molecular complexity index is 764. The molecule has 3 saturated heterocycles. The van der Waals surface area contributed by atoms with Crippen LogP contribution in [0.3, 0.4) is 0 Å². The lowest BCUT2D eigenvalue weighted by atomic mass is 9.70. The van der Waals surface area contributed by atoms with Gasteiger partial charge in [-0.15, -0.1) is 13.2 Å². The zero-order valence-corrected chi connectivity index (χ0v) is 19.4. The van der Waals surface area contributed by atoms with E-state index >= 15 is 0 Å². The summed E-state index contributed by atoms with van der Waals surface area (Å²) in [6.45, 7) is 13.3. The van der Waals surface area contributed by atoms with Gasteiger partial charge in [0.2, 0.25) is 11.8 Å². The molecule has 3 aliphatic heterocycles. The number of likely N-dealkylation sites (tertiary alicyclic amines) is 1. The molecule has 178 valence electrons. The van der Waals surface area contributed by atoms with E-state index in [1.165, 1.54) is 4.90 Å². The number of rotatable bonds is 11. The lowest BCUT2D eigenvalue weighted by Crippen LogP contribution is -2.59. The van der Waals surface area contributed by atoms with Crippen LogP contribution >= 0.6 is 0 Å². The van der Waals surface area contributed by atoms with Gasteiger partial charge in [0.05, 0.1) is 37.2 Å². The molecule has 0 saturated carbocycles. The van der Waals surface area contributed by atoms with Gasteiger partial charge in [0.25, 0.3) is 0 Å². The Balaban J connectivity index is 2.03. The van der Waals surface area contributed by atoms with E-state index in [-0.39, 0.29) is 31.1 Å². The highest BCUT2D eigenvalue weighted by Crippen LogP contribution is 2.59. The summed E-state index contributed by atoms with van der Waals surface area (Å²) < 4.78 is 11.8. The van der Waals surface area contributed by atoms with Crippen LogP contribution in [0.4, 0.5) is 0 Å². The molecule has 0 aliphatic carbocycles. The van der Waals surface area contributed by atoms with Crippen molar-refractivity contribution in [1.29, 1.82) is 0 Å². The molecule has 2 bridgehead atoms. The lowest BCUT2D eigenvalue weighted by molar-refractivity contribution is -0.156. The third-order valence-corrected chi connectivity index (χ3v) is 7.12. The summed E-state index contributed by atoms with van der Waals surface area (Å²) in [4.78, 5) is 43.8. The lowest BCUT2D eigenvalue weighted by Gasteiger charge is -2.40. The molecule has 6 atom stereocenters. The van der Waals surface area contributed by atoms with Crippen molar-refractivity contribution >= 4 is 17.8 Å². The largest absolute Gasteiger partial charge is 0.465 e. The van der Waals surface area contributed by atoms with E-state index in [1.807, 2.05) is 20.8 Å². The van der Waals surface area contributed by atoms with Gasteiger partial charge >= 0.3 is 5.97 Å². The maximum Gasteiger partial charge on any atom is 0.312 e. The SMILES string of the molecule is C=CCCOC(=O)[C@@H]1[C@H]2C(=O)N([C@@H](CC)CO)C(C(=O)N(CC=C)C(C)C)C23CC[C@H]1O3. The number of nitrogens with zero attached hydrogens (tertiary/aromatic N) is 2. The van der Waals surface area contributed by atoms with Crippen LogP contribution in [0.1, 0.15) is 46.5 Å². The highest BCUT2D eigenvalue weighted by Gasteiger charge is 2.75. The molecule has 8 heteroatoms. The number of amides is 2. The molecule has 3 fully saturated rings. The summed E-state index contributed by atoms with van der Waals surface area (Å²) in [6.07, 6.45) is 4.98. The molecule has 0 aromatic heterocycles. The van der Waals surface area contributed by atoms with Crippen molar-refractivity contribution in [3.8, 4) is 0 Å². The Labute approximate surface area is 190 Å². The third kappa shape index (κ3) is 3.77. The minimum absolute atomic E-state index is 0.111. The Kier molecular flexibility index (Phi) is 7.45. The van der Waals surface area contributed by atoms with E-state index in [4.69, 9.17) is 9.47 Å². The van der Waals surface area contributed by atoms with Gasteiger partial charge in [0.15, 0.2) is 0 Å². The number of hydrogen-bond acceptors (Lipinski definition) is 6. The predicted molar refractivity (Wildman–Crippen MR) is 118 cm³/mol. The van der Waals surface area contributed by atoms with Crippen molar-refractivity contribution in [2.24, 2.45) is 11.8 Å². The van der Waals surface area contributed by atoms with E-state index in [0.29, 0.717) is 32.2 Å². The maximum absolute atomic E-state index is 13.9. The zero-order valence-electron chi connectivity index (χ0n) is 19.4. The van der Waals surface area contributed by atoms with E-state index < -0.39 is 41.6 Å². The van der Waals surface area contributed by atoms with Gasteiger partial charge in [-0.3, -0.25) is 14.4 Å². The molecule has 0 radical (unpaired) electrons. The summed E-state index contributed by atoms with van der Waals surface area (Å²) >= 11 is 0. The van der Waals surface area contributed by atoms with E-state index in [2.05, 4.69) is 13.2 Å². The molecule has 0 aromatic carbocycles. The van der Waals surface area contributed by atoms with E-state index in [1.54, 1.807) is 17.1 Å². The second kappa shape index (κ2) is 9.75. The van der Waals surface area contributed by atoms with Gasteiger partial charge in [0, 0.05) is 12.6 Å². The molecule has 0 aromatic rings. The number of ether oxygens (including phenoxy) is 2. The quantitative estimate of drug-likeness (QED) is 0.293. The van der Waals surface area contributed by atoms with Crippen molar-refractivity contribution < 1.29 is 29.0 Å². The minimum atomic E-state index is -1.09. The standard InChI is InChI=1S/C24H36N2O6/c1-6-9-13-31-23(30)18-17-10-11-24(32-17)19(18)21(28)26(16(8-3)14-27)20(24)22(29)25(12-7-2)15(4)5/h6-7,15-20,27H,1-2,8-14H2,3-5H3/t16-,17+,18-,19-,20?,24?/m0/s1. The average molecular weight is 449 g/mol. The van der Waals surface area contributed by atoms with Gasteiger partial charge in [-0.1, -0.05) is 19.1 Å². The van der Waals surface area contributed by atoms with E-state index in [0.717, 1.165) is 0 Å². The fourth-order valence-corrected chi connectivity index (χ4v) is 5.64. The van der Waals surface area contributed by atoms with Crippen molar-refractivity contribution in [3.63, 3.8) is 0 Å². The first-order chi connectivity index (χ1) is 15.3. The fraction of sp³-hybridized carbons (Fsp3) is 0.708. The van der Waals surface area contributed by atoms with Crippen LogP contribution in [0.25, 0.3) is 0 Å². The molecule has 2 unspecified atom stereocenters. The highest BCUT2D eigenvalue weighted by atomic mass is 16.6. The molecule has 3 rings (SSSR count). The first-order valence-electron chi connectivity index (χ1n) is 11.6. The Morgan fingerprint density at radius 1 is 1.38 bits per heavy atom. The summed E-state index contributed by atoms with van der Waals surface area (Å²) in [5.74, 6) is -2.54. The normalized spacial score (nSPS) is 31.5. The van der Waals surface area contributed by atoms with E-state index in [9.17, 15) is 19.5 Å². The second-order valence-electron chi connectivity index (χ2n) is 9.16. The second-order valence-corrected chi connectivity index (χ2v) is 9.16. The van der Waals surface area contributed by atoms with Crippen molar-refractivity contribution in [1.82, 2.24) is 9.80 Å². The summed E-state index contributed by atoms with van der Waals surface area (Å²) in [7, 11) is 0. The number of carbonyl (C=O) groups excluding carboxylic acids is 3. The molecule has 1 spiro atoms. The first kappa shape index (κ1) is 24.5. The van der Waals surface area contributed by atoms with Crippen LogP contribution in [-0.2, 0) is 23.9 Å².